The molecule has 0 aromatic heterocycles. The van der Waals surface area contributed by atoms with Gasteiger partial charge in [0, 0.05) is 37.0 Å². The van der Waals surface area contributed by atoms with E-state index >= 15 is 0 Å². The maximum atomic E-state index is 12.6. The molecular formula is C28H27N3O6. The molecule has 1 aliphatic heterocycles. The van der Waals surface area contributed by atoms with Gasteiger partial charge in [0.05, 0.1) is 5.92 Å². The Morgan fingerprint density at radius 2 is 1.43 bits per heavy atom. The fraction of sp³-hybridized carbons (Fsp3) is 0.214. The summed E-state index contributed by atoms with van der Waals surface area (Å²) in [5.74, 6) is -0.830. The molecule has 4 rings (SSSR count). The van der Waals surface area contributed by atoms with Crippen molar-refractivity contribution in [1.82, 2.24) is 0 Å². The molecule has 1 aliphatic rings. The van der Waals surface area contributed by atoms with Crippen molar-refractivity contribution in [1.29, 1.82) is 0 Å². The Bertz CT molecular complexity index is 1290. The summed E-state index contributed by atoms with van der Waals surface area (Å²) in [6.45, 7) is 3.10. The third kappa shape index (κ3) is 6.94. The van der Waals surface area contributed by atoms with Crippen LogP contribution in [0.15, 0.2) is 72.8 Å². The van der Waals surface area contributed by atoms with Crippen LogP contribution < -0.4 is 20.3 Å². The minimum atomic E-state index is -0.666. The van der Waals surface area contributed by atoms with Crippen molar-refractivity contribution in [3.05, 3.63) is 78.4 Å². The van der Waals surface area contributed by atoms with Gasteiger partial charge in [-0.1, -0.05) is 17.7 Å². The van der Waals surface area contributed by atoms with Gasteiger partial charge in [0.2, 0.25) is 11.8 Å². The molecule has 1 saturated heterocycles. The van der Waals surface area contributed by atoms with Gasteiger partial charge >= 0.3 is 5.97 Å². The van der Waals surface area contributed by atoms with Crippen LogP contribution in [0.1, 0.15) is 18.9 Å². The van der Waals surface area contributed by atoms with Crippen LogP contribution in [0.25, 0.3) is 0 Å². The number of nitrogens with zero attached hydrogens (tertiary/aromatic N) is 1. The average molecular weight is 502 g/mol. The fourth-order valence-electron chi connectivity index (χ4n) is 3.84. The van der Waals surface area contributed by atoms with Crippen LogP contribution in [-0.2, 0) is 23.9 Å². The highest BCUT2D eigenvalue weighted by atomic mass is 16.5. The first-order valence-corrected chi connectivity index (χ1v) is 11.8. The van der Waals surface area contributed by atoms with Crippen molar-refractivity contribution in [2.24, 2.45) is 5.92 Å². The molecule has 0 bridgehead atoms. The molecule has 1 atom stereocenters. The van der Waals surface area contributed by atoms with Gasteiger partial charge in [-0.15, -0.1) is 0 Å². The highest BCUT2D eigenvalue weighted by molar-refractivity contribution is 6.00. The maximum absolute atomic E-state index is 12.6. The van der Waals surface area contributed by atoms with Crippen LogP contribution in [0.5, 0.6) is 11.5 Å². The molecule has 0 unspecified atom stereocenters. The molecule has 0 saturated carbocycles. The second-order valence-corrected chi connectivity index (χ2v) is 8.73. The van der Waals surface area contributed by atoms with Gasteiger partial charge in [-0.3, -0.25) is 19.2 Å². The molecular weight excluding hydrogens is 474 g/mol. The lowest BCUT2D eigenvalue weighted by Crippen LogP contribution is -2.28. The number of ether oxygens (including phenoxy) is 2. The lowest BCUT2D eigenvalue weighted by Gasteiger charge is -2.17. The lowest BCUT2D eigenvalue weighted by atomic mass is 10.1. The highest BCUT2D eigenvalue weighted by Crippen LogP contribution is 2.29. The Morgan fingerprint density at radius 3 is 2.03 bits per heavy atom. The number of anilines is 3. The molecule has 2 N–H and O–H groups in total. The summed E-state index contributed by atoms with van der Waals surface area (Å²) < 4.78 is 11.0. The number of benzene rings is 3. The zero-order valence-corrected chi connectivity index (χ0v) is 20.5. The Morgan fingerprint density at radius 1 is 0.865 bits per heavy atom. The Kier molecular flexibility index (Phi) is 7.83. The number of carbonyl (C=O) groups excluding carboxylic acids is 4. The van der Waals surface area contributed by atoms with Gasteiger partial charge in [-0.05, 0) is 67.6 Å². The van der Waals surface area contributed by atoms with E-state index in [1.807, 2.05) is 31.2 Å². The van der Waals surface area contributed by atoms with Crippen molar-refractivity contribution >= 4 is 40.8 Å². The van der Waals surface area contributed by atoms with Crippen molar-refractivity contribution in [3.63, 3.8) is 0 Å². The van der Waals surface area contributed by atoms with Gasteiger partial charge < -0.3 is 25.0 Å². The number of hydrogen-bond donors (Lipinski definition) is 2. The molecule has 0 radical (unpaired) electrons. The second kappa shape index (κ2) is 11.4. The van der Waals surface area contributed by atoms with E-state index in [-0.39, 0.29) is 24.8 Å². The van der Waals surface area contributed by atoms with Gasteiger partial charge in [0.1, 0.15) is 11.5 Å². The lowest BCUT2D eigenvalue weighted by molar-refractivity contribution is -0.151. The van der Waals surface area contributed by atoms with Crippen molar-refractivity contribution in [3.8, 4) is 11.5 Å². The first kappa shape index (κ1) is 25.4. The monoisotopic (exact) mass is 501 g/mol. The maximum Gasteiger partial charge on any atom is 0.311 e. The first-order chi connectivity index (χ1) is 17.8. The number of esters is 1. The van der Waals surface area contributed by atoms with Gasteiger partial charge in [-0.25, -0.2) is 0 Å². The molecule has 37 heavy (non-hydrogen) atoms. The zero-order valence-electron chi connectivity index (χ0n) is 20.5. The van der Waals surface area contributed by atoms with E-state index in [0.717, 1.165) is 5.56 Å². The molecule has 9 heteroatoms. The molecule has 0 aliphatic carbocycles. The molecule has 9 nitrogen and oxygen atoms in total. The number of nitrogens with one attached hydrogen (secondary N) is 2. The van der Waals surface area contributed by atoms with E-state index in [9.17, 15) is 19.2 Å². The summed E-state index contributed by atoms with van der Waals surface area (Å²) in [7, 11) is 0. The van der Waals surface area contributed by atoms with E-state index in [4.69, 9.17) is 9.47 Å². The van der Waals surface area contributed by atoms with Gasteiger partial charge in [-0.2, -0.15) is 0 Å². The van der Waals surface area contributed by atoms with E-state index < -0.39 is 24.4 Å². The van der Waals surface area contributed by atoms with Gasteiger partial charge in [0.25, 0.3) is 5.91 Å². The topological polar surface area (TPSA) is 114 Å². The molecule has 1 heterocycles. The highest BCUT2D eigenvalue weighted by Gasteiger charge is 2.36. The third-order valence-electron chi connectivity index (χ3n) is 5.70. The van der Waals surface area contributed by atoms with Crippen molar-refractivity contribution < 1.29 is 28.7 Å². The summed E-state index contributed by atoms with van der Waals surface area (Å²) >= 11 is 0. The summed E-state index contributed by atoms with van der Waals surface area (Å²) in [5, 5.41) is 5.25. The smallest absolute Gasteiger partial charge is 0.311 e. The Hall–Kier alpha value is -4.66. The van der Waals surface area contributed by atoms with Crippen LogP contribution >= 0.6 is 0 Å². The number of carbonyl (C=O) groups is 4. The quantitative estimate of drug-likeness (QED) is 0.446. The van der Waals surface area contributed by atoms with E-state index in [2.05, 4.69) is 10.6 Å². The Labute approximate surface area is 214 Å². The summed E-state index contributed by atoms with van der Waals surface area (Å²) in [6.07, 6.45) is 0.00663. The normalized spacial score (nSPS) is 14.7. The Balaban J connectivity index is 1.26. The van der Waals surface area contributed by atoms with Crippen LogP contribution in [0.3, 0.4) is 0 Å². The SMILES string of the molecule is CC(=O)Nc1ccc(NC(=O)COC(=O)[C@H]2CC(=O)N(c3ccc(Oc4ccc(C)cc4)cc3)C2)cc1. The average Bonchev–Trinajstić information content (AvgIpc) is 3.27. The van der Waals surface area contributed by atoms with Crippen LogP contribution in [0, 0.1) is 12.8 Å². The summed E-state index contributed by atoms with van der Waals surface area (Å²) in [6, 6.07) is 21.3. The van der Waals surface area contributed by atoms with E-state index in [1.165, 1.54) is 11.8 Å². The van der Waals surface area contributed by atoms with E-state index in [1.54, 1.807) is 48.5 Å². The third-order valence-corrected chi connectivity index (χ3v) is 5.70. The van der Waals surface area contributed by atoms with Crippen LogP contribution in [0.2, 0.25) is 0 Å². The van der Waals surface area contributed by atoms with E-state index in [0.29, 0.717) is 28.6 Å². The van der Waals surface area contributed by atoms with Crippen molar-refractivity contribution in [2.45, 2.75) is 20.3 Å². The predicted octanol–water partition coefficient (Wildman–Crippen LogP) is 4.28. The zero-order chi connectivity index (χ0) is 26.4. The largest absolute Gasteiger partial charge is 0.457 e. The summed E-state index contributed by atoms with van der Waals surface area (Å²) in [4.78, 5) is 49.8. The minimum absolute atomic E-state index is 0.00663. The number of hydrogen-bond acceptors (Lipinski definition) is 6. The summed E-state index contributed by atoms with van der Waals surface area (Å²) in [5.41, 5.74) is 2.88. The molecule has 190 valence electrons. The van der Waals surface area contributed by atoms with Crippen LogP contribution in [0.4, 0.5) is 17.1 Å². The van der Waals surface area contributed by atoms with Crippen LogP contribution in [-0.4, -0.2) is 36.8 Å². The van der Waals surface area contributed by atoms with Gasteiger partial charge in [0.15, 0.2) is 6.61 Å². The standard InChI is InChI=1S/C28H27N3O6/c1-18-3-11-24(12-4-18)37-25-13-9-23(10-14-25)31-16-20(15-27(31)34)28(35)36-17-26(33)30-22-7-5-21(6-8-22)29-19(2)32/h3-14,20H,15-17H2,1-2H3,(H,29,32)(H,30,33)/t20-/m0/s1. The molecule has 3 aromatic carbocycles. The molecule has 1 fully saturated rings. The number of amides is 3. The fourth-order valence-corrected chi connectivity index (χ4v) is 3.84. The number of rotatable bonds is 8. The first-order valence-electron chi connectivity index (χ1n) is 11.8. The predicted molar refractivity (Wildman–Crippen MR) is 138 cm³/mol. The molecule has 3 aromatic rings. The minimum Gasteiger partial charge on any atom is -0.457 e. The van der Waals surface area contributed by atoms with Crippen molar-refractivity contribution in [2.75, 3.05) is 28.7 Å². The number of aryl methyl sites for hydroxylation is 1. The molecule has 0 spiro atoms. The molecule has 3 amide bonds. The second-order valence-electron chi connectivity index (χ2n) is 8.73.